The van der Waals surface area contributed by atoms with Crippen molar-refractivity contribution in [3.63, 3.8) is 0 Å². The lowest BCUT2D eigenvalue weighted by Crippen LogP contribution is -2.46. The van der Waals surface area contributed by atoms with Gasteiger partial charge in [-0.15, -0.1) is 0 Å². The summed E-state index contributed by atoms with van der Waals surface area (Å²) in [6.45, 7) is 5.39. The maximum atomic E-state index is 6.09. The van der Waals surface area contributed by atoms with E-state index in [2.05, 4.69) is 54.5 Å². The molecular weight excluding hydrogens is 348 g/mol. The number of benzene rings is 2. The van der Waals surface area contributed by atoms with Crippen molar-refractivity contribution in [3.05, 3.63) is 64.2 Å². The zero-order chi connectivity index (χ0) is 18.5. The van der Waals surface area contributed by atoms with Crippen molar-refractivity contribution < 1.29 is 9.47 Å². The molecule has 3 rings (SSSR count). The normalized spacial score (nSPS) is 19.3. The van der Waals surface area contributed by atoms with E-state index in [9.17, 15) is 0 Å². The van der Waals surface area contributed by atoms with Crippen LogP contribution in [-0.2, 0) is 11.3 Å². The molecule has 1 heterocycles. The van der Waals surface area contributed by atoms with E-state index >= 15 is 0 Å². The molecule has 2 aromatic carbocycles. The molecule has 1 fully saturated rings. The van der Waals surface area contributed by atoms with Gasteiger partial charge in [0, 0.05) is 30.2 Å². The fourth-order valence-corrected chi connectivity index (χ4v) is 3.49. The van der Waals surface area contributed by atoms with Crippen LogP contribution in [0.15, 0.2) is 42.5 Å². The Labute approximate surface area is 161 Å². The van der Waals surface area contributed by atoms with Crippen LogP contribution in [0.3, 0.4) is 0 Å². The van der Waals surface area contributed by atoms with Gasteiger partial charge in [0.15, 0.2) is 0 Å². The van der Waals surface area contributed by atoms with Crippen LogP contribution < -0.4 is 10.1 Å². The van der Waals surface area contributed by atoms with Gasteiger partial charge in [-0.2, -0.15) is 0 Å². The summed E-state index contributed by atoms with van der Waals surface area (Å²) in [6, 6.07) is 14.4. The van der Waals surface area contributed by atoms with E-state index in [1.807, 2.05) is 12.1 Å². The largest absolute Gasteiger partial charge is 0.496 e. The van der Waals surface area contributed by atoms with Gasteiger partial charge in [0.2, 0.25) is 0 Å². The number of likely N-dealkylation sites (N-methyl/N-ethyl adjacent to an activating group) is 1. The van der Waals surface area contributed by atoms with E-state index in [-0.39, 0.29) is 12.1 Å². The Bertz CT molecular complexity index is 720. The summed E-state index contributed by atoms with van der Waals surface area (Å²) in [5.74, 6) is 0.911. The van der Waals surface area contributed by atoms with Crippen LogP contribution in [0.25, 0.3) is 0 Å². The minimum atomic E-state index is 0.0843. The van der Waals surface area contributed by atoms with Gasteiger partial charge in [0.25, 0.3) is 0 Å². The van der Waals surface area contributed by atoms with Crippen LogP contribution >= 0.6 is 11.6 Å². The molecule has 0 bridgehead atoms. The smallest absolute Gasteiger partial charge is 0.123 e. The third-order valence-electron chi connectivity index (χ3n) is 4.85. The van der Waals surface area contributed by atoms with E-state index < -0.39 is 0 Å². The predicted molar refractivity (Wildman–Crippen MR) is 106 cm³/mol. The van der Waals surface area contributed by atoms with Crippen LogP contribution in [0.4, 0.5) is 0 Å². The second-order valence-corrected chi connectivity index (χ2v) is 7.33. The average molecular weight is 375 g/mol. The zero-order valence-corrected chi connectivity index (χ0v) is 16.4. The van der Waals surface area contributed by atoms with Gasteiger partial charge in [-0.1, -0.05) is 35.9 Å². The Hall–Kier alpha value is -1.59. The second-order valence-electron chi connectivity index (χ2n) is 6.90. The SMILES string of the molecule is COc1cc(C)ccc1CN[C@H](c1ccc(Cl)cc1)[C@@H]1CN(C)CCO1. The van der Waals surface area contributed by atoms with Gasteiger partial charge in [-0.25, -0.2) is 0 Å². The van der Waals surface area contributed by atoms with Gasteiger partial charge in [-0.05, 0) is 43.3 Å². The van der Waals surface area contributed by atoms with Crippen LogP contribution in [0.2, 0.25) is 5.02 Å². The van der Waals surface area contributed by atoms with Crippen molar-refractivity contribution in [1.82, 2.24) is 10.2 Å². The highest BCUT2D eigenvalue weighted by molar-refractivity contribution is 6.30. The van der Waals surface area contributed by atoms with Gasteiger partial charge < -0.3 is 19.7 Å². The second kappa shape index (κ2) is 8.87. The molecule has 26 heavy (non-hydrogen) atoms. The van der Waals surface area contributed by atoms with Crippen molar-refractivity contribution >= 4 is 11.6 Å². The quantitative estimate of drug-likeness (QED) is 0.833. The van der Waals surface area contributed by atoms with Gasteiger partial charge >= 0.3 is 0 Å². The zero-order valence-electron chi connectivity index (χ0n) is 15.7. The molecule has 0 saturated carbocycles. The van der Waals surface area contributed by atoms with Crippen molar-refractivity contribution in [2.75, 3.05) is 33.9 Å². The van der Waals surface area contributed by atoms with Crippen LogP contribution in [0, 0.1) is 6.92 Å². The first-order valence-corrected chi connectivity index (χ1v) is 9.37. The lowest BCUT2D eigenvalue weighted by atomic mass is 9.99. The molecule has 2 atom stereocenters. The number of aryl methyl sites for hydroxylation is 1. The van der Waals surface area contributed by atoms with Gasteiger partial charge in [0.1, 0.15) is 5.75 Å². The molecule has 5 heteroatoms. The van der Waals surface area contributed by atoms with E-state index in [0.29, 0.717) is 6.54 Å². The number of hydrogen-bond donors (Lipinski definition) is 1. The average Bonchev–Trinajstić information content (AvgIpc) is 2.64. The van der Waals surface area contributed by atoms with Crippen LogP contribution in [0.5, 0.6) is 5.75 Å². The number of methoxy groups -OCH3 is 1. The monoisotopic (exact) mass is 374 g/mol. The summed E-state index contributed by atoms with van der Waals surface area (Å²) in [4.78, 5) is 2.31. The summed E-state index contributed by atoms with van der Waals surface area (Å²) in [5.41, 5.74) is 3.51. The molecule has 1 N–H and O–H groups in total. The number of halogens is 1. The minimum Gasteiger partial charge on any atom is -0.496 e. The highest BCUT2D eigenvalue weighted by Gasteiger charge is 2.28. The highest BCUT2D eigenvalue weighted by atomic mass is 35.5. The minimum absolute atomic E-state index is 0.0843. The Morgan fingerprint density at radius 3 is 2.73 bits per heavy atom. The van der Waals surface area contributed by atoms with E-state index in [0.717, 1.165) is 36.0 Å². The molecule has 1 aliphatic heterocycles. The van der Waals surface area contributed by atoms with Crippen molar-refractivity contribution in [3.8, 4) is 5.75 Å². The molecule has 0 radical (unpaired) electrons. The number of morpholine rings is 1. The summed E-state index contributed by atoms with van der Waals surface area (Å²) in [7, 11) is 3.85. The molecule has 1 saturated heterocycles. The Morgan fingerprint density at radius 2 is 2.04 bits per heavy atom. The fraction of sp³-hybridized carbons (Fsp3) is 0.429. The topological polar surface area (TPSA) is 33.7 Å². The molecule has 0 amide bonds. The molecule has 0 aliphatic carbocycles. The standard InChI is InChI=1S/C21H27ClN2O2/c1-15-4-5-17(19(12-15)25-3)13-23-21(16-6-8-18(22)9-7-16)20-14-24(2)10-11-26-20/h4-9,12,20-21,23H,10-11,13-14H2,1-3H3/t20-,21+/m0/s1. The Balaban J connectivity index is 1.80. The maximum absolute atomic E-state index is 6.09. The van der Waals surface area contributed by atoms with Crippen molar-refractivity contribution in [2.24, 2.45) is 0 Å². The number of nitrogens with one attached hydrogen (secondary N) is 1. The Kier molecular flexibility index (Phi) is 6.54. The molecule has 140 valence electrons. The molecular formula is C21H27ClN2O2. The summed E-state index contributed by atoms with van der Waals surface area (Å²) >= 11 is 6.08. The molecule has 4 nitrogen and oxygen atoms in total. The maximum Gasteiger partial charge on any atom is 0.123 e. The lowest BCUT2D eigenvalue weighted by molar-refractivity contribution is -0.0396. The van der Waals surface area contributed by atoms with E-state index in [4.69, 9.17) is 21.1 Å². The fourth-order valence-electron chi connectivity index (χ4n) is 3.36. The first-order chi connectivity index (χ1) is 12.6. The predicted octanol–water partition coefficient (Wildman–Crippen LogP) is 3.82. The van der Waals surface area contributed by atoms with Gasteiger partial charge in [-0.3, -0.25) is 0 Å². The molecule has 0 spiro atoms. The van der Waals surface area contributed by atoms with Crippen molar-refractivity contribution in [2.45, 2.75) is 25.6 Å². The van der Waals surface area contributed by atoms with E-state index in [1.165, 1.54) is 11.1 Å². The number of hydrogen-bond acceptors (Lipinski definition) is 4. The first kappa shape index (κ1) is 19.2. The molecule has 2 aromatic rings. The van der Waals surface area contributed by atoms with Crippen LogP contribution in [-0.4, -0.2) is 44.9 Å². The summed E-state index contributed by atoms with van der Waals surface area (Å²) in [5, 5.41) is 4.43. The third kappa shape index (κ3) is 4.77. The first-order valence-electron chi connectivity index (χ1n) is 8.99. The highest BCUT2D eigenvalue weighted by Crippen LogP contribution is 2.26. The number of rotatable bonds is 6. The van der Waals surface area contributed by atoms with Crippen molar-refractivity contribution in [1.29, 1.82) is 0 Å². The third-order valence-corrected chi connectivity index (χ3v) is 5.10. The van der Waals surface area contributed by atoms with E-state index in [1.54, 1.807) is 7.11 Å². The summed E-state index contributed by atoms with van der Waals surface area (Å²) < 4.78 is 11.6. The molecule has 0 aromatic heterocycles. The Morgan fingerprint density at radius 1 is 1.27 bits per heavy atom. The van der Waals surface area contributed by atoms with Gasteiger partial charge in [0.05, 0.1) is 25.9 Å². The number of nitrogens with zero attached hydrogens (tertiary/aromatic N) is 1. The number of ether oxygens (including phenoxy) is 2. The molecule has 1 aliphatic rings. The molecule has 0 unspecified atom stereocenters. The lowest BCUT2D eigenvalue weighted by Gasteiger charge is -2.36. The van der Waals surface area contributed by atoms with Crippen LogP contribution in [0.1, 0.15) is 22.7 Å². The summed E-state index contributed by atoms with van der Waals surface area (Å²) in [6.07, 6.45) is 0.0892.